The molecule has 0 saturated heterocycles. The summed E-state index contributed by atoms with van der Waals surface area (Å²) in [5.41, 5.74) is -1.13. The van der Waals surface area contributed by atoms with E-state index in [2.05, 4.69) is 17.9 Å². The van der Waals surface area contributed by atoms with Gasteiger partial charge in [0.25, 0.3) is 0 Å². The number of aliphatic hydroxyl groups is 1. The van der Waals surface area contributed by atoms with Gasteiger partial charge in [0.05, 0.1) is 24.2 Å². The second kappa shape index (κ2) is 10.2. The Kier molecular flexibility index (Phi) is 7.88. The molecule has 1 aromatic rings. The molecule has 0 aromatic heterocycles. The highest BCUT2D eigenvalue weighted by Crippen LogP contribution is 2.46. The highest BCUT2D eigenvalue weighted by molar-refractivity contribution is 6.03. The van der Waals surface area contributed by atoms with Crippen molar-refractivity contribution in [2.45, 2.75) is 24.9 Å². The van der Waals surface area contributed by atoms with Crippen molar-refractivity contribution < 1.29 is 38.5 Å². The Balaban J connectivity index is 2.58. The minimum absolute atomic E-state index is 0.0983. The molecule has 8 heteroatoms. The van der Waals surface area contributed by atoms with Gasteiger partial charge in [0.1, 0.15) is 19.1 Å². The van der Waals surface area contributed by atoms with Gasteiger partial charge in [-0.3, -0.25) is 14.4 Å². The highest BCUT2D eigenvalue weighted by Gasteiger charge is 2.57. The fourth-order valence-electron chi connectivity index (χ4n) is 3.84. The summed E-state index contributed by atoms with van der Waals surface area (Å²) in [4.78, 5) is 50.3. The molecule has 1 aliphatic carbocycles. The van der Waals surface area contributed by atoms with E-state index in [9.17, 15) is 24.3 Å². The van der Waals surface area contributed by atoms with Crippen molar-refractivity contribution in [1.29, 1.82) is 0 Å². The minimum Gasteiger partial charge on any atom is -0.465 e. The molecule has 0 unspecified atom stereocenters. The molecule has 1 aromatic carbocycles. The van der Waals surface area contributed by atoms with E-state index in [0.717, 1.165) is 0 Å². The lowest BCUT2D eigenvalue weighted by Gasteiger charge is -2.43. The van der Waals surface area contributed by atoms with E-state index in [-0.39, 0.29) is 18.8 Å². The lowest BCUT2D eigenvalue weighted by molar-refractivity contribution is -0.172. The van der Waals surface area contributed by atoms with Crippen LogP contribution in [0.1, 0.15) is 35.2 Å². The first kappa shape index (κ1) is 24.0. The Labute approximate surface area is 180 Å². The van der Waals surface area contributed by atoms with Gasteiger partial charge in [0.2, 0.25) is 0 Å². The maximum Gasteiger partial charge on any atom is 0.337 e. The molecule has 0 amide bonds. The predicted molar refractivity (Wildman–Crippen MR) is 110 cm³/mol. The van der Waals surface area contributed by atoms with Crippen LogP contribution >= 0.6 is 0 Å². The maximum atomic E-state index is 12.9. The van der Waals surface area contributed by atoms with Crippen LogP contribution in [-0.2, 0) is 28.6 Å². The van der Waals surface area contributed by atoms with E-state index in [0.29, 0.717) is 5.56 Å². The van der Waals surface area contributed by atoms with Crippen molar-refractivity contribution in [2.75, 3.05) is 20.3 Å². The zero-order valence-electron chi connectivity index (χ0n) is 17.5. The summed E-state index contributed by atoms with van der Waals surface area (Å²) in [6, 6.07) is 5.92. The molecule has 0 spiro atoms. The number of hydrogen-bond donors (Lipinski definition) is 1. The fraction of sp³-hybridized carbons (Fsp3) is 0.391. The zero-order valence-corrected chi connectivity index (χ0v) is 17.5. The van der Waals surface area contributed by atoms with Crippen LogP contribution in [0.15, 0.2) is 49.6 Å². The predicted octanol–water partition coefficient (Wildman–Crippen LogP) is 1.97. The third-order valence-corrected chi connectivity index (χ3v) is 5.18. The number of benzene rings is 1. The molecule has 8 nitrogen and oxygen atoms in total. The molecule has 0 radical (unpaired) electrons. The first-order valence-electron chi connectivity index (χ1n) is 9.66. The third kappa shape index (κ3) is 5.27. The maximum absolute atomic E-state index is 12.9. The van der Waals surface area contributed by atoms with E-state index in [1.165, 1.54) is 50.5 Å². The van der Waals surface area contributed by atoms with E-state index in [4.69, 9.17) is 9.47 Å². The lowest BCUT2D eigenvalue weighted by Crippen LogP contribution is -2.55. The van der Waals surface area contributed by atoms with Crippen LogP contribution in [0.3, 0.4) is 0 Å². The monoisotopic (exact) mass is 430 g/mol. The molecule has 2 rings (SSSR count). The highest BCUT2D eigenvalue weighted by atomic mass is 16.5. The van der Waals surface area contributed by atoms with Crippen LogP contribution in [0, 0.1) is 11.8 Å². The van der Waals surface area contributed by atoms with E-state index < -0.39 is 53.5 Å². The molecule has 1 N–H and O–H groups in total. The smallest absolute Gasteiger partial charge is 0.337 e. The Bertz CT molecular complexity index is 868. The van der Waals surface area contributed by atoms with Crippen molar-refractivity contribution in [3.63, 3.8) is 0 Å². The van der Waals surface area contributed by atoms with Gasteiger partial charge in [-0.05, 0) is 24.6 Å². The van der Waals surface area contributed by atoms with Gasteiger partial charge >= 0.3 is 17.9 Å². The molecular weight excluding hydrogens is 404 g/mol. The van der Waals surface area contributed by atoms with Crippen molar-refractivity contribution in [3.8, 4) is 0 Å². The average molecular weight is 430 g/mol. The molecule has 0 bridgehead atoms. The van der Waals surface area contributed by atoms with Gasteiger partial charge in [-0.1, -0.05) is 37.4 Å². The average Bonchev–Trinajstić information content (AvgIpc) is 2.74. The normalized spacial score (nSPS) is 25.3. The van der Waals surface area contributed by atoms with Gasteiger partial charge in [0, 0.05) is 12.3 Å². The Morgan fingerprint density at radius 3 is 2.16 bits per heavy atom. The fourth-order valence-corrected chi connectivity index (χ4v) is 3.84. The first-order chi connectivity index (χ1) is 14.7. The molecule has 0 heterocycles. The molecule has 4 atom stereocenters. The molecule has 1 aliphatic rings. The van der Waals surface area contributed by atoms with Gasteiger partial charge in [-0.25, -0.2) is 4.79 Å². The van der Waals surface area contributed by atoms with Crippen molar-refractivity contribution in [3.05, 3.63) is 60.7 Å². The van der Waals surface area contributed by atoms with E-state index in [1.807, 2.05) is 0 Å². The zero-order chi connectivity index (χ0) is 23.2. The second-order valence-electron chi connectivity index (χ2n) is 7.43. The SMILES string of the molecule is C=CCOC(=O)[C@H]1C(=O)C[C@@](C)(O)[C@@H](C(=O)OCC=C)[C@H]1c1ccc(C(=O)OC)cc1. The number of Topliss-reactive ketones (excluding diaryl/α,β-unsaturated/α-hetero) is 1. The largest absolute Gasteiger partial charge is 0.465 e. The summed E-state index contributed by atoms with van der Waals surface area (Å²) in [5, 5.41) is 11.0. The Hall–Kier alpha value is -3.26. The number of esters is 3. The number of ether oxygens (including phenoxy) is 3. The molecule has 1 fully saturated rings. The van der Waals surface area contributed by atoms with Crippen LogP contribution in [0.5, 0.6) is 0 Å². The van der Waals surface area contributed by atoms with Crippen molar-refractivity contribution in [1.82, 2.24) is 0 Å². The Morgan fingerprint density at radius 1 is 1.10 bits per heavy atom. The molecule has 31 heavy (non-hydrogen) atoms. The number of methoxy groups -OCH3 is 1. The summed E-state index contributed by atoms with van der Waals surface area (Å²) in [7, 11) is 1.24. The van der Waals surface area contributed by atoms with Crippen molar-refractivity contribution in [2.24, 2.45) is 11.8 Å². The van der Waals surface area contributed by atoms with E-state index in [1.54, 1.807) is 0 Å². The van der Waals surface area contributed by atoms with E-state index >= 15 is 0 Å². The second-order valence-corrected chi connectivity index (χ2v) is 7.43. The van der Waals surface area contributed by atoms with Gasteiger partial charge in [-0.15, -0.1) is 0 Å². The number of hydrogen-bond acceptors (Lipinski definition) is 8. The summed E-state index contributed by atoms with van der Waals surface area (Å²) in [5.74, 6) is -6.39. The summed E-state index contributed by atoms with van der Waals surface area (Å²) in [6.45, 7) is 8.11. The number of carbonyl (C=O) groups is 4. The summed E-state index contributed by atoms with van der Waals surface area (Å²) < 4.78 is 15.0. The van der Waals surface area contributed by atoms with Gasteiger partial charge in [0.15, 0.2) is 5.78 Å². The van der Waals surface area contributed by atoms with Gasteiger partial charge < -0.3 is 19.3 Å². The van der Waals surface area contributed by atoms with Crippen LogP contribution in [-0.4, -0.2) is 54.7 Å². The quantitative estimate of drug-likeness (QED) is 0.288. The number of ketones is 1. The van der Waals surface area contributed by atoms with Crippen LogP contribution < -0.4 is 0 Å². The molecular formula is C23H26O8. The Morgan fingerprint density at radius 2 is 1.65 bits per heavy atom. The standard InChI is InChI=1S/C23H26O8/c1-5-11-30-21(26)18-16(24)13-23(3,28)19(22(27)31-12-6-2)17(18)14-7-9-15(10-8-14)20(25)29-4/h5-10,17-19,28H,1-2,11-13H2,3-4H3/t17-,18-,19+,23+/m0/s1. The molecule has 166 valence electrons. The van der Waals surface area contributed by atoms with Gasteiger partial charge in [-0.2, -0.15) is 0 Å². The number of carbonyl (C=O) groups excluding carboxylic acids is 4. The first-order valence-corrected chi connectivity index (χ1v) is 9.66. The number of rotatable bonds is 8. The molecule has 0 aliphatic heterocycles. The third-order valence-electron chi connectivity index (χ3n) is 5.18. The summed E-state index contributed by atoms with van der Waals surface area (Å²) in [6.07, 6.45) is 2.30. The van der Waals surface area contributed by atoms with Crippen LogP contribution in [0.2, 0.25) is 0 Å². The molecule has 1 saturated carbocycles. The van der Waals surface area contributed by atoms with Crippen LogP contribution in [0.4, 0.5) is 0 Å². The van der Waals surface area contributed by atoms with Crippen molar-refractivity contribution >= 4 is 23.7 Å². The lowest BCUT2D eigenvalue weighted by atomic mass is 9.61. The topological polar surface area (TPSA) is 116 Å². The minimum atomic E-state index is -1.77. The summed E-state index contributed by atoms with van der Waals surface area (Å²) >= 11 is 0. The van der Waals surface area contributed by atoms with Crippen LogP contribution in [0.25, 0.3) is 0 Å².